The first-order valence-corrected chi connectivity index (χ1v) is 9.36. The number of carbonyl (C=O) groups is 1. The molecule has 1 aliphatic heterocycles. The average molecular weight is 392 g/mol. The maximum absolute atomic E-state index is 12.6. The fourth-order valence-electron chi connectivity index (χ4n) is 3.43. The Morgan fingerprint density at radius 2 is 2.00 bits per heavy atom. The lowest BCUT2D eigenvalue weighted by atomic mass is 10.1. The first-order valence-electron chi connectivity index (χ1n) is 9.36. The lowest BCUT2D eigenvalue weighted by Crippen LogP contribution is -2.24. The molecule has 0 saturated carbocycles. The molecule has 29 heavy (non-hydrogen) atoms. The van der Waals surface area contributed by atoms with E-state index in [-0.39, 0.29) is 23.7 Å². The Hall–Kier alpha value is -3.75. The summed E-state index contributed by atoms with van der Waals surface area (Å²) in [5.41, 5.74) is 1.66. The molecular weight excluding hydrogens is 372 g/mol. The van der Waals surface area contributed by atoms with Crippen molar-refractivity contribution >= 4 is 17.3 Å². The van der Waals surface area contributed by atoms with Crippen molar-refractivity contribution in [3.8, 4) is 5.82 Å². The fourth-order valence-corrected chi connectivity index (χ4v) is 3.43. The van der Waals surface area contributed by atoms with Crippen LogP contribution in [-0.4, -0.2) is 38.5 Å². The van der Waals surface area contributed by atoms with E-state index in [0.29, 0.717) is 11.5 Å². The molecule has 4 rings (SSSR count). The summed E-state index contributed by atoms with van der Waals surface area (Å²) in [6, 6.07) is 8.31. The van der Waals surface area contributed by atoms with Crippen LogP contribution in [0, 0.1) is 10.1 Å². The zero-order valence-electron chi connectivity index (χ0n) is 15.7. The Morgan fingerprint density at radius 3 is 2.72 bits per heavy atom. The van der Waals surface area contributed by atoms with E-state index in [2.05, 4.69) is 15.3 Å². The van der Waals surface area contributed by atoms with Crippen LogP contribution in [0.2, 0.25) is 0 Å². The van der Waals surface area contributed by atoms with Crippen molar-refractivity contribution in [2.24, 2.45) is 0 Å². The molecule has 1 fully saturated rings. The Morgan fingerprint density at radius 1 is 1.17 bits per heavy atom. The molecule has 2 aromatic heterocycles. The molecule has 1 saturated heterocycles. The maximum atomic E-state index is 12.6. The number of pyridine rings is 1. The number of amides is 1. The normalized spacial score (nSPS) is 13.4. The quantitative estimate of drug-likeness (QED) is 0.511. The molecule has 9 nitrogen and oxygen atoms in total. The number of imidazole rings is 1. The van der Waals surface area contributed by atoms with Gasteiger partial charge in [-0.3, -0.25) is 19.5 Å². The highest BCUT2D eigenvalue weighted by atomic mass is 16.6. The van der Waals surface area contributed by atoms with E-state index < -0.39 is 4.92 Å². The number of nitro groups is 1. The van der Waals surface area contributed by atoms with Crippen LogP contribution in [0.4, 0.5) is 11.4 Å². The van der Waals surface area contributed by atoms with Crippen molar-refractivity contribution in [3.05, 3.63) is 76.5 Å². The molecule has 0 unspecified atom stereocenters. The topological polar surface area (TPSA) is 106 Å². The first kappa shape index (κ1) is 18.6. The van der Waals surface area contributed by atoms with Crippen LogP contribution >= 0.6 is 0 Å². The Labute approximate surface area is 167 Å². The number of carbonyl (C=O) groups excluding carboxylic acids is 1. The van der Waals surface area contributed by atoms with Gasteiger partial charge in [-0.2, -0.15) is 0 Å². The minimum Gasteiger partial charge on any atom is -0.366 e. The summed E-state index contributed by atoms with van der Waals surface area (Å²) in [5, 5.41) is 14.3. The molecule has 1 aromatic carbocycles. The number of hydrogen-bond donors (Lipinski definition) is 1. The molecule has 1 N–H and O–H groups in total. The van der Waals surface area contributed by atoms with E-state index >= 15 is 0 Å². The number of rotatable bonds is 6. The third-order valence-corrected chi connectivity index (χ3v) is 4.91. The standard InChI is InChI=1S/C20H20N6O3/c27-20(23-13-15-5-6-22-19(11-15)25-10-7-21-14-25)16-3-4-17(18(12-16)26(28)29)24-8-1-2-9-24/h3-7,10-12,14H,1-2,8-9,13H2,(H,23,27). The molecule has 0 radical (unpaired) electrons. The Kier molecular flexibility index (Phi) is 5.19. The highest BCUT2D eigenvalue weighted by Crippen LogP contribution is 2.31. The van der Waals surface area contributed by atoms with Gasteiger partial charge >= 0.3 is 0 Å². The van der Waals surface area contributed by atoms with Gasteiger partial charge < -0.3 is 10.2 Å². The van der Waals surface area contributed by atoms with Crippen LogP contribution in [0.25, 0.3) is 5.82 Å². The number of aromatic nitrogens is 3. The molecule has 0 atom stereocenters. The van der Waals surface area contributed by atoms with Crippen LogP contribution in [0.1, 0.15) is 28.8 Å². The van der Waals surface area contributed by atoms with E-state index in [4.69, 9.17) is 0 Å². The molecular formula is C20H20N6O3. The molecule has 0 bridgehead atoms. The van der Waals surface area contributed by atoms with Crippen LogP contribution < -0.4 is 10.2 Å². The van der Waals surface area contributed by atoms with Crippen molar-refractivity contribution in [1.29, 1.82) is 0 Å². The Balaban J connectivity index is 1.48. The third kappa shape index (κ3) is 4.08. The van der Waals surface area contributed by atoms with Crippen molar-refractivity contribution < 1.29 is 9.72 Å². The summed E-state index contributed by atoms with van der Waals surface area (Å²) >= 11 is 0. The predicted octanol–water partition coefficient (Wildman–Crippen LogP) is 2.71. The molecule has 0 aliphatic carbocycles. The lowest BCUT2D eigenvalue weighted by Gasteiger charge is -2.17. The average Bonchev–Trinajstić information content (AvgIpc) is 3.46. The van der Waals surface area contributed by atoms with E-state index in [0.717, 1.165) is 31.5 Å². The number of hydrogen-bond acceptors (Lipinski definition) is 6. The van der Waals surface area contributed by atoms with Crippen LogP contribution in [0.3, 0.4) is 0 Å². The second-order valence-electron chi connectivity index (χ2n) is 6.83. The van der Waals surface area contributed by atoms with Gasteiger partial charge in [0.25, 0.3) is 11.6 Å². The highest BCUT2D eigenvalue weighted by molar-refractivity contribution is 5.95. The van der Waals surface area contributed by atoms with Gasteiger partial charge in [0.2, 0.25) is 0 Å². The van der Waals surface area contributed by atoms with Gasteiger partial charge in [0.15, 0.2) is 0 Å². The Bertz CT molecular complexity index is 1030. The number of benzene rings is 1. The number of nitrogens with zero attached hydrogens (tertiary/aromatic N) is 5. The maximum Gasteiger partial charge on any atom is 0.293 e. The second-order valence-corrected chi connectivity index (χ2v) is 6.83. The smallest absolute Gasteiger partial charge is 0.293 e. The molecule has 1 amide bonds. The van der Waals surface area contributed by atoms with E-state index in [1.54, 1.807) is 47.7 Å². The molecule has 1 aliphatic rings. The molecule has 9 heteroatoms. The largest absolute Gasteiger partial charge is 0.366 e. The summed E-state index contributed by atoms with van der Waals surface area (Å²) in [5.74, 6) is 0.335. The summed E-state index contributed by atoms with van der Waals surface area (Å²) in [6.45, 7) is 1.88. The van der Waals surface area contributed by atoms with Gasteiger partial charge in [0.05, 0.1) is 4.92 Å². The zero-order valence-corrected chi connectivity index (χ0v) is 15.7. The van der Waals surface area contributed by atoms with Gasteiger partial charge in [-0.25, -0.2) is 9.97 Å². The molecule has 3 aromatic rings. The van der Waals surface area contributed by atoms with Crippen LogP contribution in [-0.2, 0) is 6.54 Å². The van der Waals surface area contributed by atoms with Gasteiger partial charge in [-0.15, -0.1) is 0 Å². The van der Waals surface area contributed by atoms with Crippen LogP contribution in [0.15, 0.2) is 55.2 Å². The summed E-state index contributed by atoms with van der Waals surface area (Å²) in [4.78, 5) is 33.9. The first-order chi connectivity index (χ1) is 14.1. The van der Waals surface area contributed by atoms with Crippen molar-refractivity contribution in [2.75, 3.05) is 18.0 Å². The zero-order chi connectivity index (χ0) is 20.2. The van der Waals surface area contributed by atoms with Gasteiger partial charge in [0, 0.05) is 49.9 Å². The number of nitro benzene ring substituents is 1. The summed E-state index contributed by atoms with van der Waals surface area (Å²) in [7, 11) is 0. The van der Waals surface area contributed by atoms with Gasteiger partial charge in [-0.1, -0.05) is 0 Å². The molecule has 0 spiro atoms. The fraction of sp³-hybridized carbons (Fsp3) is 0.250. The molecule has 148 valence electrons. The van der Waals surface area contributed by atoms with Crippen LogP contribution in [0.5, 0.6) is 0 Å². The minimum atomic E-state index is -0.426. The highest BCUT2D eigenvalue weighted by Gasteiger charge is 2.23. The summed E-state index contributed by atoms with van der Waals surface area (Å²) < 4.78 is 1.77. The van der Waals surface area contributed by atoms with Gasteiger partial charge in [-0.05, 0) is 42.7 Å². The van der Waals surface area contributed by atoms with Gasteiger partial charge in [0.1, 0.15) is 17.8 Å². The van der Waals surface area contributed by atoms with E-state index in [1.807, 2.05) is 11.0 Å². The predicted molar refractivity (Wildman–Crippen MR) is 107 cm³/mol. The number of nitrogens with one attached hydrogen (secondary N) is 1. The van der Waals surface area contributed by atoms with Crippen molar-refractivity contribution in [2.45, 2.75) is 19.4 Å². The van der Waals surface area contributed by atoms with E-state index in [9.17, 15) is 14.9 Å². The minimum absolute atomic E-state index is 0.0362. The third-order valence-electron chi connectivity index (χ3n) is 4.91. The SMILES string of the molecule is O=C(NCc1ccnc(-n2ccnc2)c1)c1ccc(N2CCCC2)c([N+](=O)[O-])c1. The van der Waals surface area contributed by atoms with E-state index in [1.165, 1.54) is 6.07 Å². The monoisotopic (exact) mass is 392 g/mol. The second kappa shape index (κ2) is 8.09. The van der Waals surface area contributed by atoms with Crippen molar-refractivity contribution in [1.82, 2.24) is 19.9 Å². The number of anilines is 1. The van der Waals surface area contributed by atoms with Crippen molar-refractivity contribution in [3.63, 3.8) is 0 Å². The lowest BCUT2D eigenvalue weighted by molar-refractivity contribution is -0.384. The molecule has 3 heterocycles. The summed E-state index contributed by atoms with van der Waals surface area (Å²) in [6.07, 6.45) is 8.79.